The molecule has 1 aliphatic heterocycles. The Labute approximate surface area is 134 Å². The molecule has 110 valence electrons. The Morgan fingerprint density at radius 1 is 1.29 bits per heavy atom. The van der Waals surface area contributed by atoms with Gasteiger partial charge in [-0.15, -0.1) is 11.3 Å². The van der Waals surface area contributed by atoms with Gasteiger partial charge in [0.25, 0.3) is 0 Å². The molecule has 1 N–H and O–H groups in total. The second-order valence-electron chi connectivity index (χ2n) is 6.51. The predicted octanol–water partition coefficient (Wildman–Crippen LogP) is 4.02. The molecule has 0 bridgehead atoms. The van der Waals surface area contributed by atoms with Crippen molar-refractivity contribution >= 4 is 23.1 Å². The molecule has 1 fully saturated rings. The summed E-state index contributed by atoms with van der Waals surface area (Å²) in [6.45, 7) is 5.80. The van der Waals surface area contributed by atoms with Gasteiger partial charge in [-0.3, -0.25) is 0 Å². The Hall–Kier alpha value is -0.840. The van der Waals surface area contributed by atoms with Crippen molar-refractivity contribution in [2.45, 2.75) is 31.7 Å². The number of aromatic nitrogens is 1. The third-order valence-electron chi connectivity index (χ3n) is 4.45. The molecule has 0 spiro atoms. The fourth-order valence-corrected chi connectivity index (χ4v) is 5.78. The van der Waals surface area contributed by atoms with Crippen LogP contribution < -0.4 is 5.32 Å². The number of benzene rings is 1. The van der Waals surface area contributed by atoms with Gasteiger partial charge in [-0.2, -0.15) is 11.8 Å². The summed E-state index contributed by atoms with van der Waals surface area (Å²) in [6, 6.07) is 9.23. The summed E-state index contributed by atoms with van der Waals surface area (Å²) >= 11 is 3.95. The SMILES string of the molecule is CC1(C)Cc2sc(C3CSCCN3)nc2-c2ccccc21. The van der Waals surface area contributed by atoms with Gasteiger partial charge in [0.1, 0.15) is 5.01 Å². The topological polar surface area (TPSA) is 24.9 Å². The van der Waals surface area contributed by atoms with Crippen molar-refractivity contribution in [3.8, 4) is 11.3 Å². The zero-order chi connectivity index (χ0) is 14.4. The van der Waals surface area contributed by atoms with E-state index in [0.29, 0.717) is 6.04 Å². The molecular weight excluding hydrogens is 296 g/mol. The Morgan fingerprint density at radius 3 is 2.95 bits per heavy atom. The lowest BCUT2D eigenvalue weighted by Crippen LogP contribution is -2.30. The highest BCUT2D eigenvalue weighted by molar-refractivity contribution is 7.99. The minimum absolute atomic E-state index is 0.210. The van der Waals surface area contributed by atoms with Gasteiger partial charge in [0, 0.05) is 28.5 Å². The van der Waals surface area contributed by atoms with E-state index in [-0.39, 0.29) is 5.41 Å². The van der Waals surface area contributed by atoms with Gasteiger partial charge in [0.15, 0.2) is 0 Å². The Morgan fingerprint density at radius 2 is 2.14 bits per heavy atom. The molecule has 0 amide bonds. The maximum atomic E-state index is 5.02. The van der Waals surface area contributed by atoms with Crippen LogP contribution in [0.25, 0.3) is 11.3 Å². The molecule has 2 aromatic rings. The molecule has 1 aromatic carbocycles. The molecule has 2 heterocycles. The molecule has 1 unspecified atom stereocenters. The first kappa shape index (κ1) is 13.8. The van der Waals surface area contributed by atoms with E-state index in [9.17, 15) is 0 Å². The fourth-order valence-electron chi connectivity index (χ4n) is 3.35. The number of fused-ring (bicyclic) bond motifs is 3. The summed E-state index contributed by atoms with van der Waals surface area (Å²) in [5, 5.41) is 4.89. The Kier molecular flexibility index (Phi) is 3.36. The standard InChI is InChI=1S/C17H20N2S2/c1-17(2)9-14-15(11-5-3-4-6-12(11)17)19-16(21-14)13-10-20-8-7-18-13/h3-6,13,18H,7-10H2,1-2H3. The maximum Gasteiger partial charge on any atom is 0.111 e. The third-order valence-corrected chi connectivity index (χ3v) is 6.68. The second-order valence-corrected chi connectivity index (χ2v) is 8.78. The number of nitrogens with zero attached hydrogens (tertiary/aromatic N) is 1. The zero-order valence-electron chi connectivity index (χ0n) is 12.5. The van der Waals surface area contributed by atoms with E-state index in [0.717, 1.165) is 18.7 Å². The van der Waals surface area contributed by atoms with E-state index >= 15 is 0 Å². The van der Waals surface area contributed by atoms with Gasteiger partial charge >= 0.3 is 0 Å². The lowest BCUT2D eigenvalue weighted by molar-refractivity contribution is 0.521. The summed E-state index contributed by atoms with van der Waals surface area (Å²) in [7, 11) is 0. The largest absolute Gasteiger partial charge is 0.306 e. The molecule has 1 aliphatic carbocycles. The summed E-state index contributed by atoms with van der Waals surface area (Å²) in [5.74, 6) is 2.37. The van der Waals surface area contributed by atoms with E-state index in [4.69, 9.17) is 4.98 Å². The molecule has 21 heavy (non-hydrogen) atoms. The molecular formula is C17H20N2S2. The normalized spacial score (nSPS) is 23.4. The van der Waals surface area contributed by atoms with Crippen LogP contribution in [0.5, 0.6) is 0 Å². The van der Waals surface area contributed by atoms with Gasteiger partial charge in [-0.05, 0) is 17.4 Å². The molecule has 0 saturated carbocycles. The molecule has 2 nitrogen and oxygen atoms in total. The first-order valence-electron chi connectivity index (χ1n) is 7.56. The summed E-state index contributed by atoms with van der Waals surface area (Å²) in [4.78, 5) is 6.49. The van der Waals surface area contributed by atoms with Crippen LogP contribution in [0, 0.1) is 0 Å². The quantitative estimate of drug-likeness (QED) is 0.860. The highest BCUT2D eigenvalue weighted by Gasteiger charge is 2.34. The van der Waals surface area contributed by atoms with Crippen LogP contribution >= 0.6 is 23.1 Å². The number of rotatable bonds is 1. The molecule has 1 aromatic heterocycles. The van der Waals surface area contributed by atoms with E-state index in [1.54, 1.807) is 0 Å². The Balaban J connectivity index is 1.79. The first-order valence-corrected chi connectivity index (χ1v) is 9.53. The Bertz CT molecular complexity index is 669. The lowest BCUT2D eigenvalue weighted by atomic mass is 9.74. The minimum atomic E-state index is 0.210. The van der Waals surface area contributed by atoms with Crippen molar-refractivity contribution in [1.82, 2.24) is 10.3 Å². The highest BCUT2D eigenvalue weighted by atomic mass is 32.2. The molecule has 1 atom stereocenters. The fraction of sp³-hybridized carbons (Fsp3) is 0.471. The maximum absolute atomic E-state index is 5.02. The van der Waals surface area contributed by atoms with Gasteiger partial charge in [0.05, 0.1) is 11.7 Å². The number of thiazole rings is 1. The molecule has 2 aliphatic rings. The van der Waals surface area contributed by atoms with Crippen molar-refractivity contribution in [3.05, 3.63) is 39.7 Å². The van der Waals surface area contributed by atoms with Crippen LogP contribution in [-0.4, -0.2) is 23.0 Å². The smallest absolute Gasteiger partial charge is 0.111 e. The van der Waals surface area contributed by atoms with Crippen molar-refractivity contribution in [2.75, 3.05) is 18.1 Å². The number of thioether (sulfide) groups is 1. The predicted molar refractivity (Wildman–Crippen MR) is 92.3 cm³/mol. The van der Waals surface area contributed by atoms with Crippen molar-refractivity contribution in [2.24, 2.45) is 0 Å². The second kappa shape index (κ2) is 5.11. The monoisotopic (exact) mass is 316 g/mol. The van der Waals surface area contributed by atoms with Crippen LogP contribution in [0.1, 0.15) is 35.3 Å². The minimum Gasteiger partial charge on any atom is -0.306 e. The van der Waals surface area contributed by atoms with E-state index < -0.39 is 0 Å². The molecule has 4 heteroatoms. The molecule has 4 rings (SSSR count). The van der Waals surface area contributed by atoms with Crippen molar-refractivity contribution in [3.63, 3.8) is 0 Å². The lowest BCUT2D eigenvalue weighted by Gasteiger charge is -2.31. The van der Waals surface area contributed by atoms with Crippen LogP contribution in [0.15, 0.2) is 24.3 Å². The zero-order valence-corrected chi connectivity index (χ0v) is 14.1. The van der Waals surface area contributed by atoms with Gasteiger partial charge in [0.2, 0.25) is 0 Å². The highest BCUT2D eigenvalue weighted by Crippen LogP contribution is 2.45. The number of hydrogen-bond donors (Lipinski definition) is 1. The first-order chi connectivity index (χ1) is 10.1. The average molecular weight is 316 g/mol. The van der Waals surface area contributed by atoms with Crippen LogP contribution in [0.3, 0.4) is 0 Å². The van der Waals surface area contributed by atoms with Crippen molar-refractivity contribution < 1.29 is 0 Å². The van der Waals surface area contributed by atoms with E-state index in [2.05, 4.69) is 43.4 Å². The van der Waals surface area contributed by atoms with Gasteiger partial charge in [-0.1, -0.05) is 38.1 Å². The number of nitrogens with one attached hydrogen (secondary N) is 1. The summed E-state index contributed by atoms with van der Waals surface area (Å²) in [6.07, 6.45) is 1.11. The van der Waals surface area contributed by atoms with E-state index in [1.807, 2.05) is 23.1 Å². The summed E-state index contributed by atoms with van der Waals surface area (Å²) in [5.41, 5.74) is 4.24. The van der Waals surface area contributed by atoms with E-state index in [1.165, 1.54) is 32.5 Å². The molecule has 0 radical (unpaired) electrons. The van der Waals surface area contributed by atoms with Gasteiger partial charge < -0.3 is 5.32 Å². The van der Waals surface area contributed by atoms with Crippen molar-refractivity contribution in [1.29, 1.82) is 0 Å². The molecule has 1 saturated heterocycles. The third kappa shape index (κ3) is 2.33. The van der Waals surface area contributed by atoms with Gasteiger partial charge in [-0.25, -0.2) is 4.98 Å². The number of hydrogen-bond acceptors (Lipinski definition) is 4. The van der Waals surface area contributed by atoms with Crippen LogP contribution in [-0.2, 0) is 11.8 Å². The van der Waals surface area contributed by atoms with Crippen LogP contribution in [0.2, 0.25) is 0 Å². The summed E-state index contributed by atoms with van der Waals surface area (Å²) < 4.78 is 0. The average Bonchev–Trinajstić information content (AvgIpc) is 2.91. The van der Waals surface area contributed by atoms with Crippen LogP contribution in [0.4, 0.5) is 0 Å².